The van der Waals surface area contributed by atoms with Gasteiger partial charge >= 0.3 is 0 Å². The molecule has 1 amide bonds. The van der Waals surface area contributed by atoms with E-state index in [0.29, 0.717) is 12.0 Å². The van der Waals surface area contributed by atoms with Crippen LogP contribution in [0.25, 0.3) is 0 Å². The van der Waals surface area contributed by atoms with Crippen molar-refractivity contribution < 1.29 is 4.79 Å². The van der Waals surface area contributed by atoms with E-state index in [9.17, 15) is 4.79 Å². The van der Waals surface area contributed by atoms with E-state index >= 15 is 0 Å². The van der Waals surface area contributed by atoms with Gasteiger partial charge in [0.15, 0.2) is 0 Å². The van der Waals surface area contributed by atoms with Crippen LogP contribution in [0.3, 0.4) is 0 Å². The van der Waals surface area contributed by atoms with E-state index in [0.717, 1.165) is 25.4 Å². The van der Waals surface area contributed by atoms with E-state index in [1.807, 2.05) is 0 Å². The molecule has 0 aromatic rings. The minimum Gasteiger partial charge on any atom is -0.355 e. The van der Waals surface area contributed by atoms with Gasteiger partial charge in [-0.15, -0.1) is 0 Å². The molecule has 0 heterocycles. The van der Waals surface area contributed by atoms with Crippen LogP contribution in [0.1, 0.15) is 40.0 Å². The second-order valence-corrected chi connectivity index (χ2v) is 4.97. The molecule has 0 spiro atoms. The first kappa shape index (κ1) is 12.5. The van der Waals surface area contributed by atoms with Crippen LogP contribution < -0.4 is 10.6 Å². The maximum absolute atomic E-state index is 11.3. The Morgan fingerprint density at radius 1 is 1.40 bits per heavy atom. The van der Waals surface area contributed by atoms with E-state index in [4.69, 9.17) is 0 Å². The summed E-state index contributed by atoms with van der Waals surface area (Å²) in [7, 11) is 0. The van der Waals surface area contributed by atoms with Gasteiger partial charge in [0, 0.05) is 13.1 Å². The fraction of sp³-hybridized carbons (Fsp3) is 0.917. The lowest BCUT2D eigenvalue weighted by atomic mass is 9.92. The highest BCUT2D eigenvalue weighted by atomic mass is 16.1. The Morgan fingerprint density at radius 2 is 2.07 bits per heavy atom. The van der Waals surface area contributed by atoms with Crippen molar-refractivity contribution in [2.45, 2.75) is 40.0 Å². The van der Waals surface area contributed by atoms with Gasteiger partial charge in [0.1, 0.15) is 0 Å². The second-order valence-electron chi connectivity index (χ2n) is 4.97. The van der Waals surface area contributed by atoms with E-state index in [2.05, 4.69) is 31.4 Å². The smallest absolute Gasteiger partial charge is 0.233 e. The third-order valence-electron chi connectivity index (χ3n) is 3.45. The molecular weight excluding hydrogens is 188 g/mol. The van der Waals surface area contributed by atoms with Gasteiger partial charge in [-0.3, -0.25) is 4.79 Å². The minimum atomic E-state index is 0.122. The number of carbonyl (C=O) groups is 1. The molecule has 1 fully saturated rings. The van der Waals surface area contributed by atoms with E-state index in [-0.39, 0.29) is 5.91 Å². The molecule has 1 aliphatic carbocycles. The highest BCUT2D eigenvalue weighted by Gasteiger charge is 2.44. The summed E-state index contributed by atoms with van der Waals surface area (Å²) in [6.45, 7) is 8.85. The standard InChI is InChI=1S/C12H24N2O/c1-4-7-14-11(15)8-13-9-12(5-6-12)10(2)3/h10,13H,4-9H2,1-3H3,(H,14,15). The third-order valence-corrected chi connectivity index (χ3v) is 3.45. The average Bonchev–Trinajstić information content (AvgIpc) is 2.96. The summed E-state index contributed by atoms with van der Waals surface area (Å²) in [6, 6.07) is 0. The Balaban J connectivity index is 2.08. The maximum atomic E-state index is 11.3. The molecule has 1 rings (SSSR count). The van der Waals surface area contributed by atoms with Crippen molar-refractivity contribution in [1.29, 1.82) is 0 Å². The molecule has 0 bridgehead atoms. The fourth-order valence-electron chi connectivity index (χ4n) is 1.87. The Kier molecular flexibility index (Phi) is 4.58. The molecule has 0 atom stereocenters. The SMILES string of the molecule is CCCNC(=O)CNCC1(C(C)C)CC1. The molecule has 0 aliphatic heterocycles. The lowest BCUT2D eigenvalue weighted by molar-refractivity contribution is -0.120. The van der Waals surface area contributed by atoms with Crippen LogP contribution in [0.15, 0.2) is 0 Å². The van der Waals surface area contributed by atoms with Crippen molar-refractivity contribution in [3.05, 3.63) is 0 Å². The molecule has 0 unspecified atom stereocenters. The number of hydrogen-bond donors (Lipinski definition) is 2. The minimum absolute atomic E-state index is 0.122. The molecule has 3 heteroatoms. The van der Waals surface area contributed by atoms with Gasteiger partial charge in [-0.1, -0.05) is 20.8 Å². The number of rotatable bonds is 7. The van der Waals surface area contributed by atoms with E-state index < -0.39 is 0 Å². The summed E-state index contributed by atoms with van der Waals surface area (Å²) in [5.41, 5.74) is 0.491. The van der Waals surface area contributed by atoms with Gasteiger partial charge in [0.05, 0.1) is 6.54 Å². The second kappa shape index (κ2) is 5.50. The lowest BCUT2D eigenvalue weighted by Gasteiger charge is -2.19. The van der Waals surface area contributed by atoms with Crippen LogP contribution in [0.2, 0.25) is 0 Å². The highest BCUT2D eigenvalue weighted by Crippen LogP contribution is 2.51. The van der Waals surface area contributed by atoms with Crippen LogP contribution >= 0.6 is 0 Å². The zero-order valence-electron chi connectivity index (χ0n) is 10.2. The molecule has 2 N–H and O–H groups in total. The Hall–Kier alpha value is -0.570. The summed E-state index contributed by atoms with van der Waals surface area (Å²) >= 11 is 0. The number of nitrogens with one attached hydrogen (secondary N) is 2. The zero-order chi connectivity index (χ0) is 11.3. The van der Waals surface area contributed by atoms with Crippen molar-refractivity contribution in [3.63, 3.8) is 0 Å². The molecule has 1 aliphatic rings. The molecule has 0 radical (unpaired) electrons. The van der Waals surface area contributed by atoms with Crippen LogP contribution in [0, 0.1) is 11.3 Å². The molecule has 1 saturated carbocycles. The molecule has 3 nitrogen and oxygen atoms in total. The molecule has 88 valence electrons. The van der Waals surface area contributed by atoms with Crippen molar-refractivity contribution in [2.75, 3.05) is 19.6 Å². The molecule has 0 aromatic carbocycles. The van der Waals surface area contributed by atoms with Crippen molar-refractivity contribution >= 4 is 5.91 Å². The number of amides is 1. The average molecular weight is 212 g/mol. The van der Waals surface area contributed by atoms with Crippen molar-refractivity contribution in [1.82, 2.24) is 10.6 Å². The summed E-state index contributed by atoms with van der Waals surface area (Å²) in [5.74, 6) is 0.847. The van der Waals surface area contributed by atoms with Crippen LogP contribution in [-0.4, -0.2) is 25.5 Å². The van der Waals surface area contributed by atoms with Gasteiger partial charge in [-0.2, -0.15) is 0 Å². The normalized spacial score (nSPS) is 17.9. The Bertz CT molecular complexity index is 210. The lowest BCUT2D eigenvalue weighted by Crippen LogP contribution is -2.37. The maximum Gasteiger partial charge on any atom is 0.233 e. The predicted octanol–water partition coefficient (Wildman–Crippen LogP) is 1.54. The molecule has 15 heavy (non-hydrogen) atoms. The fourth-order valence-corrected chi connectivity index (χ4v) is 1.87. The first-order chi connectivity index (χ1) is 7.10. The summed E-state index contributed by atoms with van der Waals surface area (Å²) in [6.07, 6.45) is 3.63. The Labute approximate surface area is 93.0 Å². The van der Waals surface area contributed by atoms with Crippen LogP contribution in [-0.2, 0) is 4.79 Å². The van der Waals surface area contributed by atoms with Gasteiger partial charge in [0.2, 0.25) is 5.91 Å². The summed E-state index contributed by atoms with van der Waals surface area (Å²) < 4.78 is 0. The topological polar surface area (TPSA) is 41.1 Å². The largest absolute Gasteiger partial charge is 0.355 e. The highest BCUT2D eigenvalue weighted by molar-refractivity contribution is 5.77. The van der Waals surface area contributed by atoms with Crippen molar-refractivity contribution in [2.24, 2.45) is 11.3 Å². The summed E-state index contributed by atoms with van der Waals surface area (Å²) in [5, 5.41) is 6.13. The van der Waals surface area contributed by atoms with Gasteiger partial charge in [-0.05, 0) is 30.6 Å². The Morgan fingerprint density at radius 3 is 2.53 bits per heavy atom. The first-order valence-corrected chi connectivity index (χ1v) is 6.08. The third kappa shape index (κ3) is 3.82. The molecular formula is C12H24N2O. The monoisotopic (exact) mass is 212 g/mol. The number of hydrogen-bond acceptors (Lipinski definition) is 2. The van der Waals surface area contributed by atoms with E-state index in [1.54, 1.807) is 0 Å². The van der Waals surface area contributed by atoms with Crippen LogP contribution in [0.5, 0.6) is 0 Å². The van der Waals surface area contributed by atoms with Crippen molar-refractivity contribution in [3.8, 4) is 0 Å². The first-order valence-electron chi connectivity index (χ1n) is 6.08. The van der Waals surface area contributed by atoms with Gasteiger partial charge in [0.25, 0.3) is 0 Å². The van der Waals surface area contributed by atoms with Crippen LogP contribution in [0.4, 0.5) is 0 Å². The molecule has 0 aromatic heterocycles. The zero-order valence-corrected chi connectivity index (χ0v) is 10.2. The van der Waals surface area contributed by atoms with Gasteiger partial charge in [-0.25, -0.2) is 0 Å². The van der Waals surface area contributed by atoms with Gasteiger partial charge < -0.3 is 10.6 Å². The predicted molar refractivity (Wildman–Crippen MR) is 62.7 cm³/mol. The van der Waals surface area contributed by atoms with E-state index in [1.165, 1.54) is 12.8 Å². The molecule has 0 saturated heterocycles. The summed E-state index contributed by atoms with van der Waals surface area (Å²) in [4.78, 5) is 11.3. The number of carbonyl (C=O) groups excluding carboxylic acids is 1. The quantitative estimate of drug-likeness (QED) is 0.672.